The van der Waals surface area contributed by atoms with E-state index in [0.717, 1.165) is 17.7 Å². The Morgan fingerprint density at radius 3 is 2.50 bits per heavy atom. The molecule has 2 N–H and O–H groups in total. The Labute approximate surface area is 130 Å². The number of methoxy groups -OCH3 is 2. The van der Waals surface area contributed by atoms with Gasteiger partial charge in [0.05, 0.1) is 19.9 Å². The highest BCUT2D eigenvalue weighted by Crippen LogP contribution is 2.32. The molecule has 0 amide bonds. The molecule has 5 nitrogen and oxygen atoms in total. The molecule has 0 aliphatic rings. The quantitative estimate of drug-likeness (QED) is 0.890. The Hall–Kier alpha value is -2.27. The average Bonchev–Trinajstić information content (AvgIpc) is 2.56. The first kappa shape index (κ1) is 16.1. The molecule has 0 aliphatic carbocycles. The van der Waals surface area contributed by atoms with Gasteiger partial charge in [0.15, 0.2) is 0 Å². The molecule has 1 heterocycles. The second-order valence-corrected chi connectivity index (χ2v) is 4.97. The van der Waals surface area contributed by atoms with Crippen LogP contribution in [0.5, 0.6) is 11.5 Å². The van der Waals surface area contributed by atoms with Gasteiger partial charge in [0.1, 0.15) is 11.5 Å². The lowest BCUT2D eigenvalue weighted by molar-refractivity contribution is 0.395. The third-order valence-corrected chi connectivity index (χ3v) is 3.60. The van der Waals surface area contributed by atoms with Gasteiger partial charge in [-0.05, 0) is 24.6 Å². The summed E-state index contributed by atoms with van der Waals surface area (Å²) in [6, 6.07) is 9.28. The fraction of sp³-hybridized carbons (Fsp3) is 0.353. The van der Waals surface area contributed by atoms with Crippen molar-refractivity contribution in [1.82, 2.24) is 4.57 Å². The van der Waals surface area contributed by atoms with Crippen LogP contribution in [0.4, 0.5) is 0 Å². The van der Waals surface area contributed by atoms with Gasteiger partial charge in [0.2, 0.25) is 0 Å². The molecule has 22 heavy (non-hydrogen) atoms. The van der Waals surface area contributed by atoms with Gasteiger partial charge < -0.3 is 19.8 Å². The maximum Gasteiger partial charge on any atom is 0.255 e. The van der Waals surface area contributed by atoms with E-state index in [4.69, 9.17) is 15.2 Å². The molecule has 0 unspecified atom stereocenters. The molecular formula is C17H22N2O3. The number of ether oxygens (including phenoxy) is 2. The molecular weight excluding hydrogens is 280 g/mol. The number of nitrogens with two attached hydrogens (primary N) is 1. The number of benzene rings is 1. The van der Waals surface area contributed by atoms with E-state index in [1.165, 1.54) is 0 Å². The first-order valence-corrected chi connectivity index (χ1v) is 7.31. The smallest absolute Gasteiger partial charge is 0.255 e. The van der Waals surface area contributed by atoms with Crippen LogP contribution in [0.3, 0.4) is 0 Å². The van der Waals surface area contributed by atoms with E-state index in [1.54, 1.807) is 24.9 Å². The summed E-state index contributed by atoms with van der Waals surface area (Å²) in [4.78, 5) is 12.5. The average molecular weight is 302 g/mol. The number of pyridine rings is 1. The van der Waals surface area contributed by atoms with Crippen molar-refractivity contribution in [2.75, 3.05) is 14.2 Å². The summed E-state index contributed by atoms with van der Waals surface area (Å²) >= 11 is 0. The van der Waals surface area contributed by atoms with Gasteiger partial charge >= 0.3 is 0 Å². The number of aromatic nitrogens is 1. The molecule has 0 atom stereocenters. The third kappa shape index (κ3) is 2.99. The topological polar surface area (TPSA) is 66.5 Å². The Morgan fingerprint density at radius 2 is 1.91 bits per heavy atom. The van der Waals surface area contributed by atoms with Crippen LogP contribution in [0.15, 0.2) is 35.1 Å². The number of hydrogen-bond acceptors (Lipinski definition) is 4. The maximum absolute atomic E-state index is 12.5. The van der Waals surface area contributed by atoms with Crippen LogP contribution >= 0.6 is 0 Å². The first-order valence-electron chi connectivity index (χ1n) is 7.31. The molecule has 0 saturated carbocycles. The monoisotopic (exact) mass is 302 g/mol. The number of nitrogens with zero attached hydrogens (tertiary/aromatic N) is 1. The third-order valence-electron chi connectivity index (χ3n) is 3.60. The van der Waals surface area contributed by atoms with E-state index in [0.29, 0.717) is 23.6 Å². The maximum atomic E-state index is 12.5. The van der Waals surface area contributed by atoms with E-state index in [2.05, 4.69) is 0 Å². The van der Waals surface area contributed by atoms with Crippen molar-refractivity contribution in [3.05, 3.63) is 46.2 Å². The van der Waals surface area contributed by atoms with Gasteiger partial charge in [-0.25, -0.2) is 0 Å². The zero-order chi connectivity index (χ0) is 16.1. The Kier molecular flexibility index (Phi) is 5.22. The summed E-state index contributed by atoms with van der Waals surface area (Å²) in [5.74, 6) is 1.38. The summed E-state index contributed by atoms with van der Waals surface area (Å²) in [7, 11) is 3.21. The molecule has 0 saturated heterocycles. The van der Waals surface area contributed by atoms with Gasteiger partial charge in [0, 0.05) is 30.3 Å². The second kappa shape index (κ2) is 7.13. The van der Waals surface area contributed by atoms with Gasteiger partial charge in [-0.2, -0.15) is 0 Å². The molecule has 0 spiro atoms. The van der Waals surface area contributed by atoms with Crippen LogP contribution in [0.25, 0.3) is 11.3 Å². The van der Waals surface area contributed by atoms with Crippen molar-refractivity contribution >= 4 is 0 Å². The van der Waals surface area contributed by atoms with Crippen molar-refractivity contribution in [3.8, 4) is 22.8 Å². The summed E-state index contributed by atoms with van der Waals surface area (Å²) in [6.45, 7) is 2.91. The van der Waals surface area contributed by atoms with Crippen LogP contribution in [0, 0.1) is 0 Å². The minimum absolute atomic E-state index is 0.0419. The molecule has 0 radical (unpaired) electrons. The molecule has 0 aliphatic heterocycles. The van der Waals surface area contributed by atoms with Crippen LogP contribution in [-0.2, 0) is 13.1 Å². The Balaban J connectivity index is 2.66. The highest BCUT2D eigenvalue weighted by molar-refractivity contribution is 5.69. The largest absolute Gasteiger partial charge is 0.497 e. The lowest BCUT2D eigenvalue weighted by Gasteiger charge is -2.16. The van der Waals surface area contributed by atoms with Crippen molar-refractivity contribution < 1.29 is 9.47 Å². The van der Waals surface area contributed by atoms with Gasteiger partial charge in [-0.1, -0.05) is 13.0 Å². The molecule has 2 aromatic rings. The summed E-state index contributed by atoms with van der Waals surface area (Å²) in [5, 5.41) is 0. The lowest BCUT2D eigenvalue weighted by Crippen LogP contribution is -2.26. The SMILES string of the molecule is CCCn1c(-c2ccc(OC)cc2OC)ccc(CN)c1=O. The Morgan fingerprint density at radius 1 is 1.14 bits per heavy atom. The van der Waals surface area contributed by atoms with Crippen molar-refractivity contribution in [2.45, 2.75) is 26.4 Å². The zero-order valence-corrected chi connectivity index (χ0v) is 13.3. The highest BCUT2D eigenvalue weighted by Gasteiger charge is 2.14. The van der Waals surface area contributed by atoms with E-state index in [-0.39, 0.29) is 12.1 Å². The van der Waals surface area contributed by atoms with Crippen LogP contribution in [-0.4, -0.2) is 18.8 Å². The van der Waals surface area contributed by atoms with Crippen LogP contribution in [0.1, 0.15) is 18.9 Å². The molecule has 0 bridgehead atoms. The summed E-state index contributed by atoms with van der Waals surface area (Å²) < 4.78 is 12.4. The predicted molar refractivity (Wildman–Crippen MR) is 87.4 cm³/mol. The number of hydrogen-bond donors (Lipinski definition) is 1. The minimum Gasteiger partial charge on any atom is -0.497 e. The fourth-order valence-corrected chi connectivity index (χ4v) is 2.47. The molecule has 1 aromatic carbocycles. The first-order chi connectivity index (χ1) is 10.7. The van der Waals surface area contributed by atoms with E-state index in [1.807, 2.05) is 31.2 Å². The van der Waals surface area contributed by atoms with E-state index >= 15 is 0 Å². The van der Waals surface area contributed by atoms with Crippen LogP contribution in [0.2, 0.25) is 0 Å². The minimum atomic E-state index is -0.0419. The predicted octanol–water partition coefficient (Wildman–Crippen LogP) is 2.40. The molecule has 5 heteroatoms. The van der Waals surface area contributed by atoms with Gasteiger partial charge in [0.25, 0.3) is 5.56 Å². The molecule has 2 rings (SSSR count). The van der Waals surface area contributed by atoms with E-state index < -0.39 is 0 Å². The summed E-state index contributed by atoms with van der Waals surface area (Å²) in [5.41, 5.74) is 7.90. The van der Waals surface area contributed by atoms with Gasteiger partial charge in [-0.3, -0.25) is 4.79 Å². The Bertz CT molecular complexity index is 708. The van der Waals surface area contributed by atoms with Gasteiger partial charge in [-0.15, -0.1) is 0 Å². The van der Waals surface area contributed by atoms with Crippen molar-refractivity contribution in [1.29, 1.82) is 0 Å². The van der Waals surface area contributed by atoms with Crippen LogP contribution < -0.4 is 20.8 Å². The summed E-state index contributed by atoms with van der Waals surface area (Å²) in [6.07, 6.45) is 0.861. The lowest BCUT2D eigenvalue weighted by atomic mass is 10.1. The number of rotatable bonds is 6. The second-order valence-electron chi connectivity index (χ2n) is 4.97. The molecule has 1 aromatic heterocycles. The zero-order valence-electron chi connectivity index (χ0n) is 13.3. The van der Waals surface area contributed by atoms with E-state index in [9.17, 15) is 4.79 Å². The normalized spacial score (nSPS) is 10.5. The fourth-order valence-electron chi connectivity index (χ4n) is 2.47. The molecule has 118 valence electrons. The standard InChI is InChI=1S/C17H22N2O3/c1-4-9-19-15(8-5-12(11-18)17(19)20)14-7-6-13(21-2)10-16(14)22-3/h5-8,10H,4,9,11,18H2,1-3H3. The highest BCUT2D eigenvalue weighted by atomic mass is 16.5. The van der Waals surface area contributed by atoms with Crippen molar-refractivity contribution in [2.24, 2.45) is 5.73 Å². The van der Waals surface area contributed by atoms with Crippen molar-refractivity contribution in [3.63, 3.8) is 0 Å². The molecule has 0 fully saturated rings.